The van der Waals surface area contributed by atoms with Crippen LogP contribution in [0.1, 0.15) is 37.1 Å². The maximum atomic E-state index is 13.0. The number of benzene rings is 2. The van der Waals surface area contributed by atoms with Crippen molar-refractivity contribution in [1.29, 1.82) is 0 Å². The van der Waals surface area contributed by atoms with Crippen LogP contribution in [0.25, 0.3) is 23.2 Å². The summed E-state index contributed by atoms with van der Waals surface area (Å²) in [6.45, 7) is 2.05. The van der Waals surface area contributed by atoms with E-state index < -0.39 is 0 Å². The molecule has 4 nitrogen and oxygen atoms in total. The molecule has 144 valence electrons. The molecule has 1 fully saturated rings. The number of halogens is 1. The minimum absolute atomic E-state index is 0.172. The second-order valence-corrected chi connectivity index (χ2v) is 7.66. The number of fused-ring (bicyclic) bond motifs is 1. The summed E-state index contributed by atoms with van der Waals surface area (Å²) >= 11 is 5.97. The third-order valence-corrected chi connectivity index (χ3v) is 5.48. The van der Waals surface area contributed by atoms with E-state index in [1.54, 1.807) is 0 Å². The molecule has 0 N–H and O–H groups in total. The summed E-state index contributed by atoms with van der Waals surface area (Å²) < 4.78 is 2.02. The number of imidazole rings is 1. The molecule has 0 saturated carbocycles. The first-order valence-corrected chi connectivity index (χ1v) is 10.3. The molecule has 28 heavy (non-hydrogen) atoms. The summed E-state index contributed by atoms with van der Waals surface area (Å²) in [5.74, 6) is 0.963. The third-order valence-electron chi connectivity index (χ3n) is 5.23. The molecule has 0 bridgehead atoms. The number of aromatic nitrogens is 2. The van der Waals surface area contributed by atoms with Crippen molar-refractivity contribution < 1.29 is 4.79 Å². The lowest BCUT2D eigenvalue weighted by atomic mass is 10.2. The molecule has 1 aliphatic rings. The summed E-state index contributed by atoms with van der Waals surface area (Å²) in [4.78, 5) is 19.7. The van der Waals surface area contributed by atoms with Gasteiger partial charge in [-0.15, -0.1) is 0 Å². The van der Waals surface area contributed by atoms with Gasteiger partial charge in [0.2, 0.25) is 5.91 Å². The van der Waals surface area contributed by atoms with Crippen LogP contribution in [0.2, 0.25) is 5.02 Å². The molecule has 0 aliphatic carbocycles. The number of para-hydroxylation sites is 2. The zero-order valence-corrected chi connectivity index (χ0v) is 16.6. The molecule has 4 rings (SSSR count). The Bertz CT molecular complexity index is 983. The number of carbonyl (C=O) groups is 1. The summed E-state index contributed by atoms with van der Waals surface area (Å²) in [6.07, 6.45) is 8.60. The van der Waals surface area contributed by atoms with Gasteiger partial charge in [0, 0.05) is 18.1 Å². The molecule has 1 aromatic heterocycles. The quantitative estimate of drug-likeness (QED) is 0.606. The van der Waals surface area contributed by atoms with Gasteiger partial charge in [0.15, 0.2) is 0 Å². The van der Waals surface area contributed by atoms with Crippen LogP contribution >= 0.6 is 11.6 Å². The van der Waals surface area contributed by atoms with E-state index in [0.29, 0.717) is 11.6 Å². The first-order valence-electron chi connectivity index (χ1n) is 9.87. The van der Waals surface area contributed by atoms with Gasteiger partial charge in [-0.2, -0.15) is 0 Å². The van der Waals surface area contributed by atoms with Crippen LogP contribution in [0.5, 0.6) is 0 Å². The highest BCUT2D eigenvalue weighted by molar-refractivity contribution is 6.30. The minimum atomic E-state index is 0.172. The number of nitrogens with zero attached hydrogens (tertiary/aromatic N) is 3. The Labute approximate surface area is 170 Å². The van der Waals surface area contributed by atoms with Gasteiger partial charge in [0.05, 0.1) is 11.0 Å². The Balaban J connectivity index is 1.63. The van der Waals surface area contributed by atoms with Crippen LogP contribution in [0.4, 0.5) is 0 Å². The second kappa shape index (κ2) is 8.61. The predicted octanol–water partition coefficient (Wildman–Crippen LogP) is 5.26. The third kappa shape index (κ3) is 4.28. The highest BCUT2D eigenvalue weighted by Crippen LogP contribution is 2.20. The summed E-state index contributed by atoms with van der Waals surface area (Å²) in [6, 6.07) is 15.6. The molecular weight excluding hydrogens is 370 g/mol. The van der Waals surface area contributed by atoms with E-state index in [1.807, 2.05) is 70.1 Å². The number of hydrogen-bond acceptors (Lipinski definition) is 2. The molecule has 0 atom stereocenters. The van der Waals surface area contributed by atoms with Crippen LogP contribution in [0.3, 0.4) is 0 Å². The lowest BCUT2D eigenvalue weighted by Gasteiger charge is -2.21. The maximum absolute atomic E-state index is 13.0. The number of carbonyl (C=O) groups excluding carboxylic acids is 1. The fourth-order valence-electron chi connectivity index (χ4n) is 3.69. The minimum Gasteiger partial charge on any atom is -0.341 e. The van der Waals surface area contributed by atoms with Crippen molar-refractivity contribution in [3.05, 3.63) is 64.9 Å². The first-order chi connectivity index (χ1) is 13.7. The van der Waals surface area contributed by atoms with E-state index in [0.717, 1.165) is 48.4 Å². The van der Waals surface area contributed by atoms with Crippen molar-refractivity contribution in [1.82, 2.24) is 14.5 Å². The van der Waals surface area contributed by atoms with Gasteiger partial charge < -0.3 is 9.47 Å². The Kier molecular flexibility index (Phi) is 5.77. The number of likely N-dealkylation sites (tertiary alicyclic amines) is 1. The van der Waals surface area contributed by atoms with Crippen molar-refractivity contribution >= 4 is 40.7 Å². The molecule has 0 spiro atoms. The molecule has 2 aromatic carbocycles. The largest absolute Gasteiger partial charge is 0.341 e. The molecule has 0 unspecified atom stereocenters. The summed E-state index contributed by atoms with van der Waals surface area (Å²) in [5.41, 5.74) is 2.94. The number of rotatable bonds is 4. The fourth-order valence-corrected chi connectivity index (χ4v) is 3.81. The van der Waals surface area contributed by atoms with Gasteiger partial charge in [-0.1, -0.05) is 54.8 Å². The standard InChI is InChI=1S/C23H24ClN3O/c24-19-12-9-18(10-13-19)11-14-22-25-20-7-3-4-8-21(20)27(22)17-23(28)26-15-5-1-2-6-16-26/h3-4,7-14H,1-2,5-6,15-17H2/b14-11+. The molecule has 5 heteroatoms. The predicted molar refractivity (Wildman–Crippen MR) is 115 cm³/mol. The zero-order chi connectivity index (χ0) is 19.3. The van der Waals surface area contributed by atoms with Crippen LogP contribution in [0.15, 0.2) is 48.5 Å². The van der Waals surface area contributed by atoms with Gasteiger partial charge in [-0.25, -0.2) is 4.98 Å². The van der Waals surface area contributed by atoms with Crippen LogP contribution in [-0.2, 0) is 11.3 Å². The van der Waals surface area contributed by atoms with Crippen molar-refractivity contribution in [2.45, 2.75) is 32.2 Å². The second-order valence-electron chi connectivity index (χ2n) is 7.22. The number of amides is 1. The lowest BCUT2D eigenvalue weighted by Crippen LogP contribution is -2.34. The smallest absolute Gasteiger partial charge is 0.242 e. The molecule has 1 aliphatic heterocycles. The van der Waals surface area contributed by atoms with E-state index in [1.165, 1.54) is 12.8 Å². The highest BCUT2D eigenvalue weighted by atomic mass is 35.5. The van der Waals surface area contributed by atoms with E-state index >= 15 is 0 Å². The van der Waals surface area contributed by atoms with Gasteiger partial charge in [0.1, 0.15) is 12.4 Å². The lowest BCUT2D eigenvalue weighted by molar-refractivity contribution is -0.131. The number of hydrogen-bond donors (Lipinski definition) is 0. The molecule has 1 saturated heterocycles. The molecule has 2 heterocycles. The molecule has 0 radical (unpaired) electrons. The Morgan fingerprint density at radius 2 is 1.68 bits per heavy atom. The first kappa shape index (κ1) is 18.8. The molecular formula is C23H24ClN3O. The Hall–Kier alpha value is -2.59. The summed E-state index contributed by atoms with van der Waals surface area (Å²) in [7, 11) is 0. The average molecular weight is 394 g/mol. The van der Waals surface area contributed by atoms with Crippen molar-refractivity contribution in [3.8, 4) is 0 Å². The van der Waals surface area contributed by atoms with Crippen LogP contribution in [0, 0.1) is 0 Å². The van der Waals surface area contributed by atoms with Crippen molar-refractivity contribution in [2.75, 3.05) is 13.1 Å². The molecule has 1 amide bonds. The van der Waals surface area contributed by atoms with Gasteiger partial charge in [0.25, 0.3) is 0 Å². The van der Waals surface area contributed by atoms with Gasteiger partial charge in [-0.05, 0) is 48.7 Å². The Morgan fingerprint density at radius 3 is 2.43 bits per heavy atom. The van der Waals surface area contributed by atoms with E-state index in [4.69, 9.17) is 16.6 Å². The van der Waals surface area contributed by atoms with E-state index in [-0.39, 0.29) is 5.91 Å². The van der Waals surface area contributed by atoms with E-state index in [9.17, 15) is 4.79 Å². The topological polar surface area (TPSA) is 38.1 Å². The van der Waals surface area contributed by atoms with Crippen molar-refractivity contribution in [2.24, 2.45) is 0 Å². The van der Waals surface area contributed by atoms with Gasteiger partial charge >= 0.3 is 0 Å². The summed E-state index contributed by atoms with van der Waals surface area (Å²) in [5, 5.41) is 0.715. The van der Waals surface area contributed by atoms with Crippen molar-refractivity contribution in [3.63, 3.8) is 0 Å². The zero-order valence-electron chi connectivity index (χ0n) is 15.9. The highest BCUT2D eigenvalue weighted by Gasteiger charge is 2.18. The average Bonchev–Trinajstić information content (AvgIpc) is 2.88. The van der Waals surface area contributed by atoms with E-state index in [2.05, 4.69) is 0 Å². The van der Waals surface area contributed by atoms with Gasteiger partial charge in [-0.3, -0.25) is 4.79 Å². The van der Waals surface area contributed by atoms with Crippen LogP contribution in [-0.4, -0.2) is 33.4 Å². The normalized spacial score (nSPS) is 15.2. The Morgan fingerprint density at radius 1 is 0.964 bits per heavy atom. The molecule has 3 aromatic rings. The van der Waals surface area contributed by atoms with Crippen LogP contribution < -0.4 is 0 Å². The monoisotopic (exact) mass is 393 g/mol. The SMILES string of the molecule is O=C(Cn1c(/C=C/c2ccc(Cl)cc2)nc2ccccc21)N1CCCCCC1. The maximum Gasteiger partial charge on any atom is 0.242 e. The fraction of sp³-hybridized carbons (Fsp3) is 0.304.